The number of aliphatic imine (C=N–C) groups is 1. The number of rotatable bonds is 3. The topological polar surface area (TPSA) is 66.8 Å². The Morgan fingerprint density at radius 1 is 1.42 bits per heavy atom. The van der Waals surface area contributed by atoms with E-state index >= 15 is 0 Å². The van der Waals surface area contributed by atoms with Crippen molar-refractivity contribution in [3.8, 4) is 0 Å². The minimum Gasteiger partial charge on any atom is -0.316 e. The predicted octanol–water partition coefficient (Wildman–Crippen LogP) is 2.64. The lowest BCUT2D eigenvalue weighted by Gasteiger charge is -2.25. The van der Waals surface area contributed by atoms with Gasteiger partial charge in [0.25, 0.3) is 5.91 Å². The molecular weight excluding hydrogens is 344 g/mol. The molecule has 1 aromatic rings. The van der Waals surface area contributed by atoms with E-state index in [-0.39, 0.29) is 34.6 Å². The summed E-state index contributed by atoms with van der Waals surface area (Å²) in [5.41, 5.74) is 2.00. The van der Waals surface area contributed by atoms with Crippen molar-refractivity contribution in [3.63, 3.8) is 0 Å². The van der Waals surface area contributed by atoms with Crippen LogP contribution in [-0.2, 0) is 14.6 Å². The molecule has 1 aromatic carbocycles. The Hall–Kier alpha value is -1.34. The van der Waals surface area contributed by atoms with Gasteiger partial charge in [-0.3, -0.25) is 4.79 Å². The first-order valence-corrected chi connectivity index (χ1v) is 10.9. The number of benzene rings is 1. The summed E-state index contributed by atoms with van der Waals surface area (Å²) in [5, 5.41) is 0.579. The Kier molecular flexibility index (Phi) is 4.75. The number of aryl methyl sites for hydroxylation is 1. The molecule has 5 nitrogen and oxygen atoms in total. The van der Waals surface area contributed by atoms with Crippen molar-refractivity contribution < 1.29 is 13.2 Å². The molecule has 0 N–H and O–H groups in total. The molecule has 24 heavy (non-hydrogen) atoms. The van der Waals surface area contributed by atoms with E-state index in [1.54, 1.807) is 0 Å². The number of sulfone groups is 1. The number of anilines is 1. The number of hydrogen-bond donors (Lipinski definition) is 0. The first-order chi connectivity index (χ1) is 11.3. The van der Waals surface area contributed by atoms with Crippen molar-refractivity contribution in [1.82, 2.24) is 0 Å². The second-order valence-corrected chi connectivity index (χ2v) is 9.91. The summed E-state index contributed by atoms with van der Waals surface area (Å²) in [5.74, 6) is 0.0122. The van der Waals surface area contributed by atoms with Crippen molar-refractivity contribution in [2.45, 2.75) is 38.5 Å². The first kappa shape index (κ1) is 17.5. The molecule has 2 heterocycles. The lowest BCUT2D eigenvalue weighted by atomic mass is 10.1. The Morgan fingerprint density at radius 3 is 2.83 bits per heavy atom. The Morgan fingerprint density at radius 2 is 2.17 bits per heavy atom. The maximum atomic E-state index is 12.3. The number of carbonyl (C=O) groups excluding carboxylic acids is 1. The van der Waals surface area contributed by atoms with Gasteiger partial charge >= 0.3 is 0 Å². The largest absolute Gasteiger partial charge is 0.316 e. The van der Waals surface area contributed by atoms with Gasteiger partial charge in [0.15, 0.2) is 15.0 Å². The first-order valence-electron chi connectivity index (χ1n) is 8.16. The molecule has 0 saturated carbocycles. The third kappa shape index (κ3) is 3.37. The van der Waals surface area contributed by atoms with Gasteiger partial charge in [-0.1, -0.05) is 37.7 Å². The number of hydrogen-bond acceptors (Lipinski definition) is 4. The van der Waals surface area contributed by atoms with E-state index in [4.69, 9.17) is 0 Å². The molecule has 3 atom stereocenters. The molecule has 0 unspecified atom stereocenters. The highest BCUT2D eigenvalue weighted by atomic mass is 32.2. The summed E-state index contributed by atoms with van der Waals surface area (Å²) in [6.07, 6.45) is 0.742. The quantitative estimate of drug-likeness (QED) is 0.823. The van der Waals surface area contributed by atoms with Gasteiger partial charge in [0.1, 0.15) is 0 Å². The molecule has 2 aliphatic rings. The van der Waals surface area contributed by atoms with Crippen LogP contribution < -0.4 is 4.90 Å². The minimum atomic E-state index is -3.03. The average molecular weight is 367 g/mol. The van der Waals surface area contributed by atoms with Gasteiger partial charge in [-0.15, -0.1) is 0 Å². The minimum absolute atomic E-state index is 0.0565. The zero-order valence-electron chi connectivity index (χ0n) is 14.1. The fourth-order valence-electron chi connectivity index (χ4n) is 3.02. The van der Waals surface area contributed by atoms with E-state index in [1.807, 2.05) is 49.9 Å². The van der Waals surface area contributed by atoms with E-state index in [0.717, 1.165) is 17.7 Å². The zero-order valence-corrected chi connectivity index (χ0v) is 15.7. The Labute approximate surface area is 147 Å². The van der Waals surface area contributed by atoms with Gasteiger partial charge in [-0.2, -0.15) is 4.99 Å². The maximum Gasteiger partial charge on any atom is 0.250 e. The monoisotopic (exact) mass is 366 g/mol. The third-order valence-electron chi connectivity index (χ3n) is 4.59. The lowest BCUT2D eigenvalue weighted by Crippen LogP contribution is -2.37. The standard InChI is InChI=1S/C17H22N2O3S2/c1-4-12(3)16(20)18-17-19(13-7-5-6-11(2)8-13)14-9-24(21,22)10-15(14)23-17/h5-8,12,14-15H,4,9-10H2,1-3H3/t12-,14-,15-/m0/s1. The Balaban J connectivity index is 2.00. The van der Waals surface area contributed by atoms with Crippen LogP contribution in [-0.4, -0.2) is 42.3 Å². The van der Waals surface area contributed by atoms with Crippen LogP contribution in [0, 0.1) is 12.8 Å². The molecule has 0 bridgehead atoms. The van der Waals surface area contributed by atoms with Crippen LogP contribution >= 0.6 is 11.8 Å². The number of fused-ring (bicyclic) bond motifs is 1. The van der Waals surface area contributed by atoms with Crippen molar-refractivity contribution >= 4 is 38.4 Å². The average Bonchev–Trinajstić information content (AvgIpc) is 2.97. The maximum absolute atomic E-state index is 12.3. The normalized spacial score (nSPS) is 28.1. The lowest BCUT2D eigenvalue weighted by molar-refractivity contribution is -0.121. The highest BCUT2D eigenvalue weighted by Crippen LogP contribution is 2.41. The molecule has 1 amide bonds. The summed E-state index contributed by atoms with van der Waals surface area (Å²) in [6, 6.07) is 7.75. The smallest absolute Gasteiger partial charge is 0.250 e. The number of amides is 1. The second kappa shape index (κ2) is 6.52. The van der Waals surface area contributed by atoms with Crippen LogP contribution in [0.2, 0.25) is 0 Å². The SMILES string of the molecule is CC[C@H](C)C(=O)N=C1S[C@H]2CS(=O)(=O)C[C@@H]2N1c1cccc(C)c1. The summed E-state index contributed by atoms with van der Waals surface area (Å²) in [6.45, 7) is 5.83. The van der Waals surface area contributed by atoms with Gasteiger partial charge in [0.2, 0.25) is 0 Å². The molecule has 2 aliphatic heterocycles. The van der Waals surface area contributed by atoms with E-state index < -0.39 is 9.84 Å². The van der Waals surface area contributed by atoms with E-state index in [9.17, 15) is 13.2 Å². The van der Waals surface area contributed by atoms with Crippen LogP contribution in [0.1, 0.15) is 25.8 Å². The van der Waals surface area contributed by atoms with Gasteiger partial charge < -0.3 is 4.90 Å². The van der Waals surface area contributed by atoms with Crippen LogP contribution in [0.15, 0.2) is 29.3 Å². The van der Waals surface area contributed by atoms with Crippen LogP contribution in [0.25, 0.3) is 0 Å². The molecule has 2 fully saturated rings. The summed E-state index contributed by atoms with van der Waals surface area (Å²) in [7, 11) is -3.03. The molecule has 0 radical (unpaired) electrons. The molecule has 0 spiro atoms. The van der Waals surface area contributed by atoms with Crippen LogP contribution in [0.4, 0.5) is 5.69 Å². The number of nitrogens with zero attached hydrogens (tertiary/aromatic N) is 2. The molecule has 0 aliphatic carbocycles. The van der Waals surface area contributed by atoms with Crippen LogP contribution in [0.5, 0.6) is 0 Å². The van der Waals surface area contributed by atoms with Gasteiger partial charge in [0.05, 0.1) is 17.5 Å². The summed E-state index contributed by atoms with van der Waals surface area (Å²) >= 11 is 1.42. The fraction of sp³-hybridized carbons (Fsp3) is 0.529. The van der Waals surface area contributed by atoms with Gasteiger partial charge in [-0.25, -0.2) is 8.42 Å². The van der Waals surface area contributed by atoms with Crippen molar-refractivity contribution in [1.29, 1.82) is 0 Å². The highest BCUT2D eigenvalue weighted by molar-refractivity contribution is 8.16. The predicted molar refractivity (Wildman–Crippen MR) is 99.4 cm³/mol. The third-order valence-corrected chi connectivity index (χ3v) is 7.80. The zero-order chi connectivity index (χ0) is 17.5. The van der Waals surface area contributed by atoms with E-state index in [0.29, 0.717) is 5.17 Å². The summed E-state index contributed by atoms with van der Waals surface area (Å²) < 4.78 is 24.0. The number of carbonyl (C=O) groups is 1. The fourth-order valence-corrected chi connectivity index (χ4v) is 6.94. The van der Waals surface area contributed by atoms with Crippen LogP contribution in [0.3, 0.4) is 0 Å². The number of amidine groups is 1. The molecule has 130 valence electrons. The van der Waals surface area contributed by atoms with Crippen molar-refractivity contribution in [3.05, 3.63) is 29.8 Å². The van der Waals surface area contributed by atoms with Gasteiger partial charge in [0, 0.05) is 16.9 Å². The van der Waals surface area contributed by atoms with E-state index in [1.165, 1.54) is 11.8 Å². The second-order valence-electron chi connectivity index (χ2n) is 6.55. The molecule has 0 aromatic heterocycles. The van der Waals surface area contributed by atoms with Gasteiger partial charge in [-0.05, 0) is 31.0 Å². The molecule has 7 heteroatoms. The molecule has 2 saturated heterocycles. The van der Waals surface area contributed by atoms with E-state index in [2.05, 4.69) is 4.99 Å². The highest BCUT2D eigenvalue weighted by Gasteiger charge is 2.49. The molecule has 3 rings (SSSR count). The van der Waals surface area contributed by atoms with Crippen molar-refractivity contribution in [2.24, 2.45) is 10.9 Å². The Bertz CT molecular complexity index is 789. The molecular formula is C17H22N2O3S2. The number of thioether (sulfide) groups is 1. The summed E-state index contributed by atoms with van der Waals surface area (Å²) in [4.78, 5) is 18.6. The van der Waals surface area contributed by atoms with Crippen molar-refractivity contribution in [2.75, 3.05) is 16.4 Å².